The third-order valence-corrected chi connectivity index (χ3v) is 3.91. The third kappa shape index (κ3) is 5.46. The van der Waals surface area contributed by atoms with Crippen molar-refractivity contribution >= 4 is 13.7 Å². The standard InChI is InChI=1S/C10H21N2O5P/c1-12-6-3-9(4-7-12)10(13)11-5-8-17-18(14,15)16-2/h9H,3-8H2,1-2H3,(H,11,13)(H,14,15)/p-1. The van der Waals surface area contributed by atoms with Crippen molar-refractivity contribution in [1.29, 1.82) is 0 Å². The summed E-state index contributed by atoms with van der Waals surface area (Å²) in [5.74, 6) is -0.0208. The van der Waals surface area contributed by atoms with Crippen LogP contribution in [-0.2, 0) is 18.4 Å². The van der Waals surface area contributed by atoms with Gasteiger partial charge in [-0.1, -0.05) is 0 Å². The van der Waals surface area contributed by atoms with Gasteiger partial charge in [0, 0.05) is 19.6 Å². The number of phosphoric ester groups is 1. The average Bonchev–Trinajstić information content (AvgIpc) is 2.35. The highest BCUT2D eigenvalue weighted by Gasteiger charge is 2.22. The molecule has 1 atom stereocenters. The fourth-order valence-electron chi connectivity index (χ4n) is 1.80. The minimum absolute atomic E-state index is 0.0164. The summed E-state index contributed by atoms with van der Waals surface area (Å²) in [5.41, 5.74) is 0. The average molecular weight is 279 g/mol. The molecule has 1 N–H and O–H groups in total. The largest absolute Gasteiger partial charge is 0.756 e. The monoisotopic (exact) mass is 279 g/mol. The minimum Gasteiger partial charge on any atom is -0.756 e. The van der Waals surface area contributed by atoms with Crippen LogP contribution in [0.15, 0.2) is 0 Å². The normalized spacial score (nSPS) is 21.5. The molecule has 0 radical (unpaired) electrons. The highest BCUT2D eigenvalue weighted by Crippen LogP contribution is 2.36. The molecule has 0 aliphatic carbocycles. The fraction of sp³-hybridized carbons (Fsp3) is 0.900. The number of carbonyl (C=O) groups is 1. The van der Waals surface area contributed by atoms with Crippen molar-refractivity contribution in [3.63, 3.8) is 0 Å². The van der Waals surface area contributed by atoms with E-state index in [4.69, 9.17) is 0 Å². The first kappa shape index (κ1) is 15.6. The van der Waals surface area contributed by atoms with Crippen LogP contribution in [-0.4, -0.2) is 51.2 Å². The van der Waals surface area contributed by atoms with Crippen molar-refractivity contribution in [3.05, 3.63) is 0 Å². The Labute approximate surface area is 107 Å². The van der Waals surface area contributed by atoms with Crippen LogP contribution in [0, 0.1) is 5.92 Å². The summed E-state index contributed by atoms with van der Waals surface area (Å²) in [6.07, 6.45) is 1.67. The number of likely N-dealkylation sites (tertiary alicyclic amines) is 1. The number of amides is 1. The van der Waals surface area contributed by atoms with Gasteiger partial charge in [0.15, 0.2) is 0 Å². The van der Waals surface area contributed by atoms with E-state index in [1.807, 2.05) is 7.05 Å². The Morgan fingerprint density at radius 2 is 2.11 bits per heavy atom. The first-order chi connectivity index (χ1) is 8.44. The molecule has 18 heavy (non-hydrogen) atoms. The molecule has 0 aromatic carbocycles. The van der Waals surface area contributed by atoms with Crippen LogP contribution in [0.4, 0.5) is 0 Å². The van der Waals surface area contributed by atoms with Crippen LogP contribution in [0.5, 0.6) is 0 Å². The molecule has 106 valence electrons. The number of piperidine rings is 1. The van der Waals surface area contributed by atoms with Crippen LogP contribution >= 0.6 is 7.82 Å². The number of hydrogen-bond donors (Lipinski definition) is 1. The highest BCUT2D eigenvalue weighted by molar-refractivity contribution is 7.45. The summed E-state index contributed by atoms with van der Waals surface area (Å²) < 4.78 is 19.5. The minimum atomic E-state index is -4.18. The van der Waals surface area contributed by atoms with E-state index in [1.165, 1.54) is 0 Å². The SMILES string of the molecule is COP(=O)([O-])OCCNC(=O)C1CCN(C)CC1. The molecule has 7 nitrogen and oxygen atoms in total. The van der Waals surface area contributed by atoms with Gasteiger partial charge in [-0.05, 0) is 33.0 Å². The van der Waals surface area contributed by atoms with E-state index in [0.717, 1.165) is 33.0 Å². The molecule has 1 unspecified atom stereocenters. The predicted octanol–water partition coefficient (Wildman–Crippen LogP) is -0.424. The molecular weight excluding hydrogens is 259 g/mol. The Kier molecular flexibility index (Phi) is 6.25. The van der Waals surface area contributed by atoms with E-state index in [-0.39, 0.29) is 25.0 Å². The molecule has 0 aromatic heterocycles. The van der Waals surface area contributed by atoms with Gasteiger partial charge in [-0.25, -0.2) is 0 Å². The van der Waals surface area contributed by atoms with E-state index in [0.29, 0.717) is 0 Å². The molecule has 1 amide bonds. The van der Waals surface area contributed by atoms with Crippen molar-refractivity contribution in [2.75, 3.05) is 40.4 Å². The first-order valence-electron chi connectivity index (χ1n) is 5.92. The van der Waals surface area contributed by atoms with Gasteiger partial charge in [-0.2, -0.15) is 0 Å². The van der Waals surface area contributed by atoms with Crippen molar-refractivity contribution in [2.24, 2.45) is 5.92 Å². The zero-order valence-electron chi connectivity index (χ0n) is 10.8. The molecule has 0 spiro atoms. The van der Waals surface area contributed by atoms with Crippen molar-refractivity contribution in [3.8, 4) is 0 Å². The summed E-state index contributed by atoms with van der Waals surface area (Å²) in [5, 5.41) is 2.67. The van der Waals surface area contributed by atoms with E-state index >= 15 is 0 Å². The summed E-state index contributed by atoms with van der Waals surface area (Å²) in [6.45, 7) is 1.88. The molecule has 1 aliphatic heterocycles. The second-order valence-electron chi connectivity index (χ2n) is 4.33. The Hall–Kier alpha value is -0.460. The van der Waals surface area contributed by atoms with Crippen LogP contribution in [0.2, 0.25) is 0 Å². The number of nitrogens with zero attached hydrogens (tertiary/aromatic N) is 1. The van der Waals surface area contributed by atoms with Gasteiger partial charge in [-0.15, -0.1) is 0 Å². The summed E-state index contributed by atoms with van der Waals surface area (Å²) in [4.78, 5) is 24.8. The Bertz CT molecular complexity index is 317. The van der Waals surface area contributed by atoms with E-state index < -0.39 is 7.82 Å². The molecule has 1 heterocycles. The molecule has 0 saturated carbocycles. The molecule has 1 fully saturated rings. The smallest absolute Gasteiger partial charge is 0.267 e. The molecule has 0 aromatic rings. The first-order valence-corrected chi connectivity index (χ1v) is 7.38. The zero-order valence-corrected chi connectivity index (χ0v) is 11.7. The van der Waals surface area contributed by atoms with Gasteiger partial charge in [0.05, 0.1) is 6.61 Å². The van der Waals surface area contributed by atoms with E-state index in [1.54, 1.807) is 0 Å². The lowest BCUT2D eigenvalue weighted by molar-refractivity contribution is -0.222. The maximum Gasteiger partial charge on any atom is 0.267 e. The molecule has 1 rings (SSSR count). The topological polar surface area (TPSA) is 90.9 Å². The molecule has 8 heteroatoms. The second kappa shape index (κ2) is 7.21. The quantitative estimate of drug-likeness (QED) is 0.524. The van der Waals surface area contributed by atoms with Crippen LogP contribution in [0.25, 0.3) is 0 Å². The maximum absolute atomic E-state index is 11.7. The number of carbonyl (C=O) groups excluding carboxylic acids is 1. The predicted molar refractivity (Wildman–Crippen MR) is 63.8 cm³/mol. The Morgan fingerprint density at radius 1 is 1.50 bits per heavy atom. The van der Waals surface area contributed by atoms with Gasteiger partial charge < -0.3 is 24.2 Å². The number of phosphoric acid groups is 1. The summed E-state index contributed by atoms with van der Waals surface area (Å²) >= 11 is 0. The lowest BCUT2D eigenvalue weighted by atomic mass is 9.96. The zero-order chi connectivity index (χ0) is 13.6. The molecule has 1 saturated heterocycles. The van der Waals surface area contributed by atoms with E-state index in [9.17, 15) is 14.3 Å². The van der Waals surface area contributed by atoms with Crippen LogP contribution < -0.4 is 10.2 Å². The lowest BCUT2D eigenvalue weighted by Crippen LogP contribution is -2.39. The molecular formula is C10H20N2O5P-. The Balaban J connectivity index is 2.16. The highest BCUT2D eigenvalue weighted by atomic mass is 31.2. The molecule has 1 aliphatic rings. The van der Waals surface area contributed by atoms with Gasteiger partial charge in [0.1, 0.15) is 0 Å². The van der Waals surface area contributed by atoms with Crippen molar-refractivity contribution in [2.45, 2.75) is 12.8 Å². The second-order valence-corrected chi connectivity index (χ2v) is 5.85. The number of rotatable bonds is 6. The van der Waals surface area contributed by atoms with Gasteiger partial charge in [-0.3, -0.25) is 9.36 Å². The summed E-state index contributed by atoms with van der Waals surface area (Å²) in [7, 11) is -1.12. The maximum atomic E-state index is 11.7. The summed E-state index contributed by atoms with van der Waals surface area (Å²) in [6, 6.07) is 0. The van der Waals surface area contributed by atoms with E-state index in [2.05, 4.69) is 19.3 Å². The lowest BCUT2D eigenvalue weighted by Gasteiger charge is -2.28. The fourth-order valence-corrected chi connectivity index (χ4v) is 2.22. The van der Waals surface area contributed by atoms with Crippen molar-refractivity contribution < 1.29 is 23.3 Å². The molecule has 0 bridgehead atoms. The third-order valence-electron chi connectivity index (χ3n) is 2.96. The van der Waals surface area contributed by atoms with Crippen LogP contribution in [0.1, 0.15) is 12.8 Å². The Morgan fingerprint density at radius 3 is 2.67 bits per heavy atom. The van der Waals surface area contributed by atoms with Gasteiger partial charge >= 0.3 is 0 Å². The van der Waals surface area contributed by atoms with Gasteiger partial charge in [0.25, 0.3) is 7.82 Å². The van der Waals surface area contributed by atoms with Gasteiger partial charge in [0.2, 0.25) is 5.91 Å². The number of hydrogen-bond acceptors (Lipinski definition) is 6. The van der Waals surface area contributed by atoms with Crippen molar-refractivity contribution in [1.82, 2.24) is 10.2 Å². The number of nitrogens with one attached hydrogen (secondary N) is 1. The van der Waals surface area contributed by atoms with Crippen LogP contribution in [0.3, 0.4) is 0 Å².